The molecule has 2 rings (SSSR count). The Labute approximate surface area is 149 Å². The molecule has 2 aromatic carbocycles. The molecule has 2 N–H and O–H groups in total. The van der Waals surface area contributed by atoms with E-state index in [0.717, 1.165) is 24.5 Å². The van der Waals surface area contributed by atoms with E-state index in [9.17, 15) is 9.18 Å². The number of benzene rings is 2. The molecule has 1 amide bonds. The van der Waals surface area contributed by atoms with Crippen LogP contribution in [0, 0.1) is 5.82 Å². The first-order valence-electron chi connectivity index (χ1n) is 7.27. The van der Waals surface area contributed by atoms with Gasteiger partial charge >= 0.3 is 0 Å². The Morgan fingerprint density at radius 2 is 1.96 bits per heavy atom. The Hall–Kier alpha value is -1.98. The lowest BCUT2D eigenvalue weighted by Crippen LogP contribution is -2.29. The molecule has 0 aromatic heterocycles. The summed E-state index contributed by atoms with van der Waals surface area (Å²) in [4.78, 5) is 11.7. The number of aromatic hydroxyl groups is 1. The first-order chi connectivity index (χ1) is 11.5. The number of rotatable bonds is 7. The van der Waals surface area contributed by atoms with Crippen LogP contribution in [0.5, 0.6) is 11.5 Å². The number of carbonyl (C=O) groups is 1. The molecule has 0 aliphatic heterocycles. The van der Waals surface area contributed by atoms with Crippen LogP contribution in [0.15, 0.2) is 36.4 Å². The van der Waals surface area contributed by atoms with Gasteiger partial charge in [-0.05, 0) is 42.7 Å². The van der Waals surface area contributed by atoms with Crippen LogP contribution < -0.4 is 10.1 Å². The van der Waals surface area contributed by atoms with Crippen LogP contribution in [0.4, 0.5) is 4.39 Å². The van der Waals surface area contributed by atoms with Gasteiger partial charge in [0, 0.05) is 12.6 Å². The zero-order valence-electron chi connectivity index (χ0n) is 12.7. The number of phenolic OH excluding ortho intramolecular Hbond substituents is 1. The number of hydrogen-bond donors (Lipinski definition) is 2. The minimum atomic E-state index is -0.797. The molecule has 0 bridgehead atoms. The standard InChI is InChI=1S/C17H16Cl2FNO3/c18-13-5-3-11(8-14(13)19)2-1-7-21-17(23)10-24-12-4-6-16(22)15(20)9-12/h3-6,8-9,22H,1-2,7,10H2,(H,21,23). The van der Waals surface area contributed by atoms with Crippen LogP contribution in [0.1, 0.15) is 12.0 Å². The molecule has 0 atom stereocenters. The van der Waals surface area contributed by atoms with Crippen molar-refractivity contribution in [3.8, 4) is 11.5 Å². The molecule has 0 spiro atoms. The summed E-state index contributed by atoms with van der Waals surface area (Å²) in [5.74, 6) is -1.39. The van der Waals surface area contributed by atoms with Crippen LogP contribution in [-0.2, 0) is 11.2 Å². The van der Waals surface area contributed by atoms with E-state index >= 15 is 0 Å². The van der Waals surface area contributed by atoms with Crippen molar-refractivity contribution >= 4 is 29.1 Å². The SMILES string of the molecule is O=C(COc1ccc(O)c(F)c1)NCCCc1ccc(Cl)c(Cl)c1. The van der Waals surface area contributed by atoms with Crippen LogP contribution in [0.3, 0.4) is 0 Å². The predicted molar refractivity (Wildman–Crippen MR) is 91.4 cm³/mol. The summed E-state index contributed by atoms with van der Waals surface area (Å²) < 4.78 is 18.3. The number of halogens is 3. The highest BCUT2D eigenvalue weighted by atomic mass is 35.5. The third-order valence-corrected chi connectivity index (χ3v) is 3.98. The molecular weight excluding hydrogens is 356 g/mol. The minimum Gasteiger partial charge on any atom is -0.505 e. The molecule has 0 aliphatic carbocycles. The molecule has 0 unspecified atom stereocenters. The number of ether oxygens (including phenoxy) is 1. The maximum absolute atomic E-state index is 13.1. The molecular formula is C17H16Cl2FNO3. The Bertz CT molecular complexity index is 725. The second kappa shape index (κ2) is 8.76. The van der Waals surface area contributed by atoms with Crippen molar-refractivity contribution in [1.82, 2.24) is 5.32 Å². The zero-order chi connectivity index (χ0) is 17.5. The van der Waals surface area contributed by atoms with Crippen LogP contribution in [0.25, 0.3) is 0 Å². The number of phenols is 1. The lowest BCUT2D eigenvalue weighted by atomic mass is 10.1. The van der Waals surface area contributed by atoms with E-state index in [-0.39, 0.29) is 18.3 Å². The fourth-order valence-corrected chi connectivity index (χ4v) is 2.31. The van der Waals surface area contributed by atoms with Gasteiger partial charge in [-0.15, -0.1) is 0 Å². The summed E-state index contributed by atoms with van der Waals surface area (Å²) in [5, 5.41) is 12.8. The van der Waals surface area contributed by atoms with E-state index in [4.69, 9.17) is 33.0 Å². The average molecular weight is 372 g/mol. The highest BCUT2D eigenvalue weighted by molar-refractivity contribution is 6.42. The van der Waals surface area contributed by atoms with Gasteiger partial charge in [0.2, 0.25) is 0 Å². The monoisotopic (exact) mass is 371 g/mol. The second-order valence-corrected chi connectivity index (χ2v) is 5.92. The van der Waals surface area contributed by atoms with Crippen molar-refractivity contribution in [2.75, 3.05) is 13.2 Å². The number of aryl methyl sites for hydroxylation is 1. The van der Waals surface area contributed by atoms with Crippen molar-refractivity contribution in [2.24, 2.45) is 0 Å². The second-order valence-electron chi connectivity index (χ2n) is 5.10. The van der Waals surface area contributed by atoms with Gasteiger partial charge in [0.15, 0.2) is 18.2 Å². The van der Waals surface area contributed by atoms with Gasteiger partial charge in [-0.2, -0.15) is 0 Å². The van der Waals surface area contributed by atoms with Gasteiger partial charge in [-0.3, -0.25) is 4.79 Å². The molecule has 0 aliphatic rings. The predicted octanol–water partition coefficient (Wildman–Crippen LogP) is 3.97. The summed E-state index contributed by atoms with van der Waals surface area (Å²) in [5.41, 5.74) is 1.04. The van der Waals surface area contributed by atoms with Crippen molar-refractivity contribution < 1.29 is 19.0 Å². The highest BCUT2D eigenvalue weighted by Gasteiger charge is 2.06. The molecule has 0 radical (unpaired) electrons. The van der Waals surface area contributed by atoms with E-state index < -0.39 is 11.6 Å². The van der Waals surface area contributed by atoms with Gasteiger partial charge in [-0.1, -0.05) is 29.3 Å². The molecule has 24 heavy (non-hydrogen) atoms. The first kappa shape index (κ1) is 18.4. The molecule has 0 fully saturated rings. The van der Waals surface area contributed by atoms with Crippen molar-refractivity contribution in [3.63, 3.8) is 0 Å². The van der Waals surface area contributed by atoms with Gasteiger partial charge in [0.1, 0.15) is 5.75 Å². The van der Waals surface area contributed by atoms with E-state index in [0.29, 0.717) is 16.6 Å². The highest BCUT2D eigenvalue weighted by Crippen LogP contribution is 2.23. The number of amides is 1. The van der Waals surface area contributed by atoms with Gasteiger partial charge in [0.05, 0.1) is 10.0 Å². The van der Waals surface area contributed by atoms with E-state index in [1.165, 1.54) is 12.1 Å². The third kappa shape index (κ3) is 5.58. The topological polar surface area (TPSA) is 58.6 Å². The Kier molecular flexibility index (Phi) is 6.70. The summed E-state index contributed by atoms with van der Waals surface area (Å²) in [7, 11) is 0. The largest absolute Gasteiger partial charge is 0.505 e. The summed E-state index contributed by atoms with van der Waals surface area (Å²) in [6.07, 6.45) is 1.48. The Morgan fingerprint density at radius 1 is 1.17 bits per heavy atom. The number of nitrogens with one attached hydrogen (secondary N) is 1. The molecule has 4 nitrogen and oxygen atoms in total. The van der Waals surface area contributed by atoms with E-state index in [1.807, 2.05) is 6.07 Å². The molecule has 0 heterocycles. The first-order valence-corrected chi connectivity index (χ1v) is 8.03. The van der Waals surface area contributed by atoms with E-state index in [2.05, 4.69) is 5.32 Å². The number of hydrogen-bond acceptors (Lipinski definition) is 3. The molecule has 0 saturated carbocycles. The van der Waals surface area contributed by atoms with Gasteiger partial charge in [0.25, 0.3) is 5.91 Å². The van der Waals surface area contributed by atoms with Crippen LogP contribution >= 0.6 is 23.2 Å². The van der Waals surface area contributed by atoms with Crippen molar-refractivity contribution in [2.45, 2.75) is 12.8 Å². The smallest absolute Gasteiger partial charge is 0.257 e. The minimum absolute atomic E-state index is 0.177. The molecule has 7 heteroatoms. The third-order valence-electron chi connectivity index (χ3n) is 3.24. The summed E-state index contributed by atoms with van der Waals surface area (Å²) in [6, 6.07) is 9.00. The van der Waals surface area contributed by atoms with Gasteiger partial charge in [-0.25, -0.2) is 4.39 Å². The van der Waals surface area contributed by atoms with Crippen LogP contribution in [0.2, 0.25) is 10.0 Å². The molecule has 0 saturated heterocycles. The zero-order valence-corrected chi connectivity index (χ0v) is 14.2. The maximum Gasteiger partial charge on any atom is 0.257 e. The normalized spacial score (nSPS) is 10.5. The van der Waals surface area contributed by atoms with Crippen molar-refractivity contribution in [3.05, 3.63) is 57.8 Å². The fraction of sp³-hybridized carbons (Fsp3) is 0.235. The fourth-order valence-electron chi connectivity index (χ4n) is 1.99. The number of carbonyl (C=O) groups excluding carboxylic acids is 1. The van der Waals surface area contributed by atoms with Crippen LogP contribution in [-0.4, -0.2) is 24.2 Å². The lowest BCUT2D eigenvalue weighted by molar-refractivity contribution is -0.123. The molecule has 128 valence electrons. The Balaban J connectivity index is 1.67. The van der Waals surface area contributed by atoms with Crippen molar-refractivity contribution in [1.29, 1.82) is 0 Å². The quantitative estimate of drug-likeness (QED) is 0.724. The summed E-state index contributed by atoms with van der Waals surface area (Å²) in [6.45, 7) is 0.253. The lowest BCUT2D eigenvalue weighted by Gasteiger charge is -2.08. The summed E-state index contributed by atoms with van der Waals surface area (Å²) >= 11 is 11.8. The van der Waals surface area contributed by atoms with E-state index in [1.54, 1.807) is 12.1 Å². The maximum atomic E-state index is 13.1. The molecule has 2 aromatic rings. The van der Waals surface area contributed by atoms with Gasteiger partial charge < -0.3 is 15.2 Å². The Morgan fingerprint density at radius 3 is 2.67 bits per heavy atom. The average Bonchev–Trinajstić information content (AvgIpc) is 2.56.